The number of carbonyl (C=O) groups is 1. The first-order chi connectivity index (χ1) is 12.7. The zero-order valence-electron chi connectivity index (χ0n) is 14.2. The Hall–Kier alpha value is -3.03. The Bertz CT molecular complexity index is 827. The normalized spacial score (nSPS) is 11.6. The van der Waals surface area contributed by atoms with E-state index >= 15 is 0 Å². The van der Waals surface area contributed by atoms with E-state index in [2.05, 4.69) is 4.74 Å². The number of hydrogen-bond donors (Lipinski definition) is 1. The lowest BCUT2D eigenvalue weighted by Gasteiger charge is -2.12. The average Bonchev–Trinajstić information content (AvgIpc) is 2.59. The van der Waals surface area contributed by atoms with Gasteiger partial charge >= 0.3 is 12.1 Å². The molecular weight excluding hydrogens is 368 g/mol. The van der Waals surface area contributed by atoms with Gasteiger partial charge < -0.3 is 14.6 Å². The molecule has 2 rings (SSSR count). The van der Waals surface area contributed by atoms with Gasteiger partial charge in [-0.15, -0.1) is 0 Å². The summed E-state index contributed by atoms with van der Waals surface area (Å²) in [6.07, 6.45) is -2.55. The maximum atomic E-state index is 13.0. The molecule has 0 aliphatic heterocycles. The zero-order valence-corrected chi connectivity index (χ0v) is 14.2. The molecule has 0 unspecified atom stereocenters. The maximum absolute atomic E-state index is 13.0. The van der Waals surface area contributed by atoms with Crippen molar-refractivity contribution in [3.8, 4) is 11.5 Å². The molecule has 0 atom stereocenters. The molecule has 27 heavy (non-hydrogen) atoms. The first kappa shape index (κ1) is 20.3. The van der Waals surface area contributed by atoms with Crippen LogP contribution in [0.3, 0.4) is 0 Å². The number of benzene rings is 2. The van der Waals surface area contributed by atoms with Crippen molar-refractivity contribution >= 4 is 18.1 Å². The maximum Gasteiger partial charge on any atom is 0.392 e. The van der Waals surface area contributed by atoms with Crippen molar-refractivity contribution < 1.29 is 36.9 Å². The molecule has 0 aliphatic carbocycles. The van der Waals surface area contributed by atoms with Gasteiger partial charge in [-0.3, -0.25) is 0 Å². The van der Waals surface area contributed by atoms with E-state index < -0.39 is 36.7 Å². The largest absolute Gasteiger partial charge is 0.507 e. The van der Waals surface area contributed by atoms with Gasteiger partial charge in [0.25, 0.3) is 0 Å². The van der Waals surface area contributed by atoms with Gasteiger partial charge in [0.2, 0.25) is 0 Å². The quantitative estimate of drug-likeness (QED) is 0.441. The topological polar surface area (TPSA) is 55.8 Å². The van der Waals surface area contributed by atoms with Crippen LogP contribution in [0.25, 0.3) is 12.2 Å². The van der Waals surface area contributed by atoms with Crippen LogP contribution < -0.4 is 4.74 Å². The van der Waals surface area contributed by atoms with Crippen LogP contribution in [0.5, 0.6) is 11.5 Å². The lowest BCUT2D eigenvalue weighted by atomic mass is 10.0. The second kappa shape index (κ2) is 8.57. The number of methoxy groups -OCH3 is 1. The number of halogens is 4. The van der Waals surface area contributed by atoms with Crippen molar-refractivity contribution in [2.24, 2.45) is 0 Å². The van der Waals surface area contributed by atoms with Gasteiger partial charge in [-0.25, -0.2) is 9.18 Å². The van der Waals surface area contributed by atoms with E-state index in [1.807, 2.05) is 0 Å². The van der Waals surface area contributed by atoms with Gasteiger partial charge in [-0.1, -0.05) is 24.3 Å². The SMILES string of the molecule is COC(=O)c1c(O)cc(OCCC(F)(F)F)cc1/C=C/c1ccc(F)cc1. The van der Waals surface area contributed by atoms with E-state index in [4.69, 9.17) is 4.74 Å². The minimum absolute atomic E-state index is 0.0387. The van der Waals surface area contributed by atoms with Gasteiger partial charge in [-0.05, 0) is 29.3 Å². The molecule has 0 heterocycles. The summed E-state index contributed by atoms with van der Waals surface area (Å²) in [5.74, 6) is -1.78. The molecule has 0 aromatic heterocycles. The van der Waals surface area contributed by atoms with Gasteiger partial charge in [-0.2, -0.15) is 13.2 Å². The van der Waals surface area contributed by atoms with Crippen LogP contribution in [0.1, 0.15) is 27.9 Å². The number of carbonyl (C=O) groups excluding carboxylic acids is 1. The van der Waals surface area contributed by atoms with Crippen molar-refractivity contribution in [1.29, 1.82) is 0 Å². The molecule has 2 aromatic rings. The number of rotatable bonds is 6. The van der Waals surface area contributed by atoms with Crippen molar-refractivity contribution in [1.82, 2.24) is 0 Å². The molecule has 0 saturated heterocycles. The fraction of sp³-hybridized carbons (Fsp3) is 0.211. The molecule has 0 bridgehead atoms. The van der Waals surface area contributed by atoms with E-state index in [9.17, 15) is 27.5 Å². The van der Waals surface area contributed by atoms with Crippen LogP contribution >= 0.6 is 0 Å². The molecular formula is C19H16F4O4. The highest BCUT2D eigenvalue weighted by atomic mass is 19.4. The van der Waals surface area contributed by atoms with Crippen LogP contribution in [-0.4, -0.2) is 31.0 Å². The van der Waals surface area contributed by atoms with Crippen LogP contribution in [0.15, 0.2) is 36.4 Å². The minimum Gasteiger partial charge on any atom is -0.507 e. The third-order valence-electron chi connectivity index (χ3n) is 3.49. The highest BCUT2D eigenvalue weighted by molar-refractivity contribution is 5.98. The Morgan fingerprint density at radius 2 is 1.81 bits per heavy atom. The number of phenols is 1. The third-order valence-corrected chi connectivity index (χ3v) is 3.49. The van der Waals surface area contributed by atoms with Crippen LogP contribution in [0, 0.1) is 5.82 Å². The van der Waals surface area contributed by atoms with E-state index in [1.165, 1.54) is 36.4 Å². The third kappa shape index (κ3) is 6.02. The molecule has 4 nitrogen and oxygen atoms in total. The fourth-order valence-electron chi connectivity index (χ4n) is 2.21. The number of phenolic OH excluding ortho intramolecular Hbond substituents is 1. The van der Waals surface area contributed by atoms with E-state index in [1.54, 1.807) is 6.08 Å². The fourth-order valence-corrected chi connectivity index (χ4v) is 2.21. The number of hydrogen-bond acceptors (Lipinski definition) is 4. The molecule has 1 N–H and O–H groups in total. The summed E-state index contributed by atoms with van der Waals surface area (Å²) in [4.78, 5) is 11.9. The molecule has 0 aliphatic rings. The lowest BCUT2D eigenvalue weighted by Crippen LogP contribution is -2.13. The first-order valence-electron chi connectivity index (χ1n) is 7.78. The highest BCUT2D eigenvalue weighted by Crippen LogP contribution is 2.31. The van der Waals surface area contributed by atoms with Gasteiger partial charge in [0, 0.05) is 6.07 Å². The molecule has 2 aromatic carbocycles. The van der Waals surface area contributed by atoms with Gasteiger partial charge in [0.05, 0.1) is 20.1 Å². The number of alkyl halides is 3. The second-order valence-corrected chi connectivity index (χ2v) is 5.50. The molecule has 0 amide bonds. The summed E-state index contributed by atoms with van der Waals surface area (Å²) in [5.41, 5.74) is 0.613. The van der Waals surface area contributed by atoms with E-state index in [-0.39, 0.29) is 16.9 Å². The first-order valence-corrected chi connectivity index (χ1v) is 7.78. The summed E-state index contributed by atoms with van der Waals surface area (Å²) in [5, 5.41) is 10.1. The van der Waals surface area contributed by atoms with Gasteiger partial charge in [0.1, 0.15) is 22.9 Å². The standard InChI is InChI=1S/C19H16F4O4/c1-26-18(25)17-13(5-2-12-3-6-14(20)7-4-12)10-15(11-16(17)24)27-9-8-19(21,22)23/h2-7,10-11,24H,8-9H2,1H3/b5-2+. The smallest absolute Gasteiger partial charge is 0.392 e. The number of aromatic hydroxyl groups is 1. The predicted octanol–water partition coefficient (Wildman–Crippen LogP) is 4.82. The monoisotopic (exact) mass is 384 g/mol. The summed E-state index contributed by atoms with van der Waals surface area (Å²) >= 11 is 0. The minimum atomic E-state index is -4.38. The summed E-state index contributed by atoms with van der Waals surface area (Å²) in [6.45, 7) is -0.637. The lowest BCUT2D eigenvalue weighted by molar-refractivity contribution is -0.139. The molecule has 0 radical (unpaired) electrons. The molecule has 144 valence electrons. The van der Waals surface area contributed by atoms with Gasteiger partial charge in [0.15, 0.2) is 0 Å². The summed E-state index contributed by atoms with van der Waals surface area (Å²) in [7, 11) is 1.13. The Morgan fingerprint density at radius 3 is 2.41 bits per heavy atom. The predicted molar refractivity (Wildman–Crippen MR) is 90.9 cm³/mol. The Balaban J connectivity index is 2.32. The van der Waals surface area contributed by atoms with Crippen LogP contribution in [0.4, 0.5) is 17.6 Å². The van der Waals surface area contributed by atoms with E-state index in [0.29, 0.717) is 5.56 Å². The molecule has 0 spiro atoms. The van der Waals surface area contributed by atoms with Crippen molar-refractivity contribution in [3.63, 3.8) is 0 Å². The number of esters is 1. The van der Waals surface area contributed by atoms with E-state index in [0.717, 1.165) is 13.2 Å². The zero-order chi connectivity index (χ0) is 20.0. The Labute approximate surface area is 152 Å². The summed E-state index contributed by atoms with van der Waals surface area (Å²) in [6, 6.07) is 7.82. The number of ether oxygens (including phenoxy) is 2. The summed E-state index contributed by atoms with van der Waals surface area (Å²) < 4.78 is 59.3. The van der Waals surface area contributed by atoms with Crippen LogP contribution in [-0.2, 0) is 4.74 Å². The second-order valence-electron chi connectivity index (χ2n) is 5.50. The molecule has 0 fully saturated rings. The van der Waals surface area contributed by atoms with Crippen molar-refractivity contribution in [2.75, 3.05) is 13.7 Å². The Kier molecular flexibility index (Phi) is 6.44. The highest BCUT2D eigenvalue weighted by Gasteiger charge is 2.27. The van der Waals surface area contributed by atoms with Crippen LogP contribution in [0.2, 0.25) is 0 Å². The average molecular weight is 384 g/mol. The van der Waals surface area contributed by atoms with Crippen molar-refractivity contribution in [2.45, 2.75) is 12.6 Å². The Morgan fingerprint density at radius 1 is 1.15 bits per heavy atom. The molecule has 8 heteroatoms. The van der Waals surface area contributed by atoms with Crippen molar-refractivity contribution in [3.05, 3.63) is 58.9 Å². The molecule has 0 saturated carbocycles.